The van der Waals surface area contributed by atoms with Gasteiger partial charge in [-0.3, -0.25) is 9.89 Å². The average Bonchev–Trinajstić information content (AvgIpc) is 2.86. The predicted octanol–water partition coefficient (Wildman–Crippen LogP) is 2.44. The molecule has 0 unspecified atom stereocenters. The van der Waals surface area contributed by atoms with E-state index in [-0.39, 0.29) is 30.3 Å². The van der Waals surface area contributed by atoms with Gasteiger partial charge < -0.3 is 11.1 Å². The highest BCUT2D eigenvalue weighted by molar-refractivity contribution is 5.95. The monoisotopic (exact) mass is 294 g/mol. The predicted molar refractivity (Wildman–Crippen MR) is 81.9 cm³/mol. The summed E-state index contributed by atoms with van der Waals surface area (Å²) in [7, 11) is 0. The van der Waals surface area contributed by atoms with Crippen LogP contribution in [-0.2, 0) is 4.79 Å². The third-order valence-electron chi connectivity index (χ3n) is 3.79. The third kappa shape index (κ3) is 3.11. The van der Waals surface area contributed by atoms with Crippen molar-refractivity contribution in [2.24, 2.45) is 11.7 Å². The molecule has 20 heavy (non-hydrogen) atoms. The molecule has 0 aliphatic heterocycles. The lowest BCUT2D eigenvalue weighted by Crippen LogP contribution is -2.34. The minimum atomic E-state index is 0. The van der Waals surface area contributed by atoms with Crippen LogP contribution in [0.25, 0.3) is 10.9 Å². The van der Waals surface area contributed by atoms with Crippen molar-refractivity contribution >= 4 is 34.9 Å². The van der Waals surface area contributed by atoms with E-state index in [1.54, 1.807) is 6.20 Å². The van der Waals surface area contributed by atoms with Gasteiger partial charge >= 0.3 is 0 Å². The van der Waals surface area contributed by atoms with Crippen molar-refractivity contribution < 1.29 is 4.79 Å². The number of benzene rings is 1. The maximum atomic E-state index is 12.2. The molecular weight excluding hydrogens is 276 g/mol. The second-order valence-electron chi connectivity index (χ2n) is 5.28. The fourth-order valence-corrected chi connectivity index (χ4v) is 2.73. The molecule has 6 heteroatoms. The number of aromatic nitrogens is 2. The van der Waals surface area contributed by atoms with Gasteiger partial charge in [0, 0.05) is 23.0 Å². The summed E-state index contributed by atoms with van der Waals surface area (Å²) in [6.07, 6.45) is 5.56. The molecule has 0 spiro atoms. The van der Waals surface area contributed by atoms with E-state index < -0.39 is 0 Å². The molecule has 1 aliphatic carbocycles. The summed E-state index contributed by atoms with van der Waals surface area (Å²) in [5.41, 5.74) is 7.71. The number of carbonyl (C=O) groups excluding carboxylic acids is 1. The molecule has 3 rings (SSSR count). The fourth-order valence-electron chi connectivity index (χ4n) is 2.73. The molecule has 5 nitrogen and oxygen atoms in total. The number of anilines is 1. The molecule has 108 valence electrons. The third-order valence-corrected chi connectivity index (χ3v) is 3.79. The molecule has 1 aromatic heterocycles. The van der Waals surface area contributed by atoms with Gasteiger partial charge in [-0.05, 0) is 37.5 Å². The Bertz CT molecular complexity index is 598. The molecule has 1 aromatic carbocycles. The number of aromatic amines is 1. The standard InChI is InChI=1S/C14H18N4O.ClH/c15-11-3-1-2-9(6-11)14(19)17-12-4-5-13-10(7-12)8-16-18-13;/h4-5,7-9,11H,1-3,6,15H2,(H,16,18)(H,17,19);1H/t9-,11-;/m1./s1. The summed E-state index contributed by atoms with van der Waals surface area (Å²) in [4.78, 5) is 12.2. The summed E-state index contributed by atoms with van der Waals surface area (Å²) in [6.45, 7) is 0. The minimum absolute atomic E-state index is 0. The average molecular weight is 295 g/mol. The highest BCUT2D eigenvalue weighted by Crippen LogP contribution is 2.25. The van der Waals surface area contributed by atoms with Crippen LogP contribution in [-0.4, -0.2) is 22.1 Å². The lowest BCUT2D eigenvalue weighted by Gasteiger charge is -2.25. The number of H-pyrrole nitrogens is 1. The van der Waals surface area contributed by atoms with E-state index in [9.17, 15) is 4.79 Å². The van der Waals surface area contributed by atoms with Crippen LogP contribution in [0, 0.1) is 5.92 Å². The van der Waals surface area contributed by atoms with Gasteiger partial charge in [-0.2, -0.15) is 5.10 Å². The van der Waals surface area contributed by atoms with Crippen LogP contribution >= 0.6 is 12.4 Å². The minimum Gasteiger partial charge on any atom is -0.328 e. The van der Waals surface area contributed by atoms with Gasteiger partial charge in [0.25, 0.3) is 0 Å². The van der Waals surface area contributed by atoms with Crippen molar-refractivity contribution in [3.05, 3.63) is 24.4 Å². The molecular formula is C14H19ClN4O. The Kier molecular flexibility index (Phi) is 4.62. The summed E-state index contributed by atoms with van der Waals surface area (Å²) in [5, 5.41) is 10.8. The van der Waals surface area contributed by atoms with Gasteiger partial charge in [0.2, 0.25) is 5.91 Å². The SMILES string of the molecule is Cl.N[C@@H]1CCC[C@@H](C(=O)Nc2ccc3[nH]ncc3c2)C1. The van der Waals surface area contributed by atoms with Crippen molar-refractivity contribution in [2.45, 2.75) is 31.7 Å². The van der Waals surface area contributed by atoms with Crippen LogP contribution in [0.15, 0.2) is 24.4 Å². The normalized spacial score (nSPS) is 22.2. The summed E-state index contributed by atoms with van der Waals surface area (Å²) in [6, 6.07) is 5.91. The van der Waals surface area contributed by atoms with Gasteiger partial charge in [0.05, 0.1) is 11.7 Å². The number of rotatable bonds is 2. The smallest absolute Gasteiger partial charge is 0.227 e. The van der Waals surface area contributed by atoms with Crippen LogP contribution in [0.2, 0.25) is 0 Å². The van der Waals surface area contributed by atoms with Gasteiger partial charge in [-0.25, -0.2) is 0 Å². The summed E-state index contributed by atoms with van der Waals surface area (Å²) >= 11 is 0. The van der Waals surface area contributed by atoms with E-state index in [1.807, 2.05) is 18.2 Å². The molecule has 1 fully saturated rings. The fraction of sp³-hybridized carbons (Fsp3) is 0.429. The topological polar surface area (TPSA) is 83.8 Å². The summed E-state index contributed by atoms with van der Waals surface area (Å²) < 4.78 is 0. The van der Waals surface area contributed by atoms with Crippen molar-refractivity contribution in [3.8, 4) is 0 Å². The quantitative estimate of drug-likeness (QED) is 0.795. The van der Waals surface area contributed by atoms with Crippen LogP contribution < -0.4 is 11.1 Å². The number of nitrogens with two attached hydrogens (primary N) is 1. The lowest BCUT2D eigenvalue weighted by atomic mass is 9.85. The largest absolute Gasteiger partial charge is 0.328 e. The number of carbonyl (C=O) groups is 1. The maximum absolute atomic E-state index is 12.2. The van der Waals surface area contributed by atoms with Crippen LogP contribution in [0.5, 0.6) is 0 Å². The number of halogens is 1. The van der Waals surface area contributed by atoms with Crippen LogP contribution in [0.3, 0.4) is 0 Å². The first kappa shape index (κ1) is 14.8. The highest BCUT2D eigenvalue weighted by atomic mass is 35.5. The van der Waals surface area contributed by atoms with Crippen LogP contribution in [0.4, 0.5) is 5.69 Å². The van der Waals surface area contributed by atoms with Crippen molar-refractivity contribution in [1.29, 1.82) is 0 Å². The molecule has 2 atom stereocenters. The first-order valence-electron chi connectivity index (χ1n) is 6.72. The van der Waals surface area contributed by atoms with E-state index in [4.69, 9.17) is 5.73 Å². The maximum Gasteiger partial charge on any atom is 0.227 e. The molecule has 1 aliphatic rings. The number of nitrogens with zero attached hydrogens (tertiary/aromatic N) is 1. The highest BCUT2D eigenvalue weighted by Gasteiger charge is 2.25. The Morgan fingerprint density at radius 2 is 2.25 bits per heavy atom. The van der Waals surface area contributed by atoms with Gasteiger partial charge in [0.15, 0.2) is 0 Å². The number of hydrogen-bond donors (Lipinski definition) is 3. The number of hydrogen-bond acceptors (Lipinski definition) is 3. The van der Waals surface area contributed by atoms with Gasteiger partial charge in [-0.15, -0.1) is 12.4 Å². The Labute approximate surface area is 123 Å². The molecule has 1 amide bonds. The Morgan fingerprint density at radius 3 is 3.05 bits per heavy atom. The molecule has 0 radical (unpaired) electrons. The second-order valence-corrected chi connectivity index (χ2v) is 5.28. The van der Waals surface area contributed by atoms with E-state index in [1.165, 1.54) is 0 Å². The molecule has 1 heterocycles. The number of amides is 1. The Balaban J connectivity index is 0.00000147. The molecule has 4 N–H and O–H groups in total. The Hall–Kier alpha value is -1.59. The zero-order chi connectivity index (χ0) is 13.2. The second kappa shape index (κ2) is 6.24. The van der Waals surface area contributed by atoms with Gasteiger partial charge in [0.1, 0.15) is 0 Å². The first-order chi connectivity index (χ1) is 9.22. The molecule has 1 saturated carbocycles. The zero-order valence-corrected chi connectivity index (χ0v) is 12.0. The van der Waals surface area contributed by atoms with Crippen molar-refractivity contribution in [3.63, 3.8) is 0 Å². The lowest BCUT2D eigenvalue weighted by molar-refractivity contribution is -0.120. The number of fused-ring (bicyclic) bond motifs is 1. The number of nitrogens with one attached hydrogen (secondary N) is 2. The molecule has 0 saturated heterocycles. The summed E-state index contributed by atoms with van der Waals surface area (Å²) in [5.74, 6) is 0.127. The zero-order valence-electron chi connectivity index (χ0n) is 11.1. The first-order valence-corrected chi connectivity index (χ1v) is 6.72. The molecule has 2 aromatic rings. The van der Waals surface area contributed by atoms with E-state index >= 15 is 0 Å². The van der Waals surface area contributed by atoms with Gasteiger partial charge in [-0.1, -0.05) is 6.42 Å². The Morgan fingerprint density at radius 1 is 1.40 bits per heavy atom. The molecule has 0 bridgehead atoms. The van der Waals surface area contributed by atoms with E-state index in [2.05, 4.69) is 15.5 Å². The van der Waals surface area contributed by atoms with Crippen LogP contribution in [0.1, 0.15) is 25.7 Å². The van der Waals surface area contributed by atoms with E-state index in [0.29, 0.717) is 0 Å². The van der Waals surface area contributed by atoms with Crippen molar-refractivity contribution in [1.82, 2.24) is 10.2 Å². The van der Waals surface area contributed by atoms with E-state index in [0.717, 1.165) is 42.3 Å². The van der Waals surface area contributed by atoms with Crippen molar-refractivity contribution in [2.75, 3.05) is 5.32 Å².